The van der Waals surface area contributed by atoms with Gasteiger partial charge in [-0.3, -0.25) is 4.79 Å². The van der Waals surface area contributed by atoms with Gasteiger partial charge in [-0.25, -0.2) is 0 Å². The normalized spacial score (nSPS) is 16.4. The molecule has 0 saturated heterocycles. The Kier molecular flexibility index (Phi) is 4.71. The van der Waals surface area contributed by atoms with Crippen molar-refractivity contribution in [3.63, 3.8) is 0 Å². The lowest BCUT2D eigenvalue weighted by molar-refractivity contribution is -0.122. The third-order valence-electron chi connectivity index (χ3n) is 3.48. The smallest absolute Gasteiger partial charge is 0.398 e. The predicted molar refractivity (Wildman–Crippen MR) is 86.4 cm³/mol. The van der Waals surface area contributed by atoms with Crippen molar-refractivity contribution in [2.75, 3.05) is 11.1 Å². The van der Waals surface area contributed by atoms with Crippen molar-refractivity contribution < 1.29 is 22.7 Å². The second-order valence-corrected chi connectivity index (χ2v) is 6.32. The number of alkyl halides is 3. The van der Waals surface area contributed by atoms with E-state index in [1.807, 2.05) is 18.2 Å². The zero-order chi connectivity index (χ0) is 17.2. The number of rotatable bonds is 4. The molecule has 0 saturated carbocycles. The van der Waals surface area contributed by atoms with Gasteiger partial charge in [0, 0.05) is 11.3 Å². The Balaban J connectivity index is 1.67. The maximum Gasteiger partial charge on any atom is 0.398 e. The fourth-order valence-electron chi connectivity index (χ4n) is 2.40. The Morgan fingerprint density at radius 1 is 1.17 bits per heavy atom. The number of fused-ring (bicyclic) bond motifs is 1. The Morgan fingerprint density at radius 3 is 2.62 bits per heavy atom. The summed E-state index contributed by atoms with van der Waals surface area (Å²) in [6, 6.07) is 13.8. The summed E-state index contributed by atoms with van der Waals surface area (Å²) < 4.78 is 42.8. The van der Waals surface area contributed by atoms with E-state index in [9.17, 15) is 18.0 Å². The molecule has 2 aromatic carbocycles. The standard InChI is InChI=1S/C17H14F3NO2S/c18-17(19,20)10-24-15-8-4-2-6-12(15)21-16(22)14-9-11-5-1-3-7-13(11)23-14/h1-8,14H,9-10H2,(H,21,22)/t14-/m0/s1. The van der Waals surface area contributed by atoms with Crippen molar-refractivity contribution in [1.29, 1.82) is 0 Å². The molecule has 0 unspecified atom stereocenters. The minimum atomic E-state index is -4.27. The summed E-state index contributed by atoms with van der Waals surface area (Å²) in [5.74, 6) is -0.714. The largest absolute Gasteiger partial charge is 0.480 e. The third kappa shape index (κ3) is 4.03. The number of benzene rings is 2. The van der Waals surface area contributed by atoms with Gasteiger partial charge in [-0.1, -0.05) is 30.3 Å². The van der Waals surface area contributed by atoms with Gasteiger partial charge in [-0.2, -0.15) is 13.2 Å². The van der Waals surface area contributed by atoms with E-state index in [-0.39, 0.29) is 5.91 Å². The molecule has 1 atom stereocenters. The quantitative estimate of drug-likeness (QED) is 0.834. The molecular formula is C17H14F3NO2S. The van der Waals surface area contributed by atoms with Gasteiger partial charge in [-0.15, -0.1) is 11.8 Å². The van der Waals surface area contributed by atoms with Crippen molar-refractivity contribution in [3.05, 3.63) is 54.1 Å². The van der Waals surface area contributed by atoms with Crippen molar-refractivity contribution in [3.8, 4) is 5.75 Å². The maximum absolute atomic E-state index is 12.4. The fraction of sp³-hybridized carbons (Fsp3) is 0.235. The summed E-state index contributed by atoms with van der Waals surface area (Å²) in [5.41, 5.74) is 1.30. The average molecular weight is 353 g/mol. The number of carbonyl (C=O) groups excluding carboxylic acids is 1. The van der Waals surface area contributed by atoms with Crippen LogP contribution >= 0.6 is 11.8 Å². The molecule has 1 amide bonds. The monoisotopic (exact) mass is 353 g/mol. The predicted octanol–water partition coefficient (Wildman–Crippen LogP) is 4.28. The molecule has 3 rings (SSSR count). The van der Waals surface area contributed by atoms with E-state index >= 15 is 0 Å². The number of ether oxygens (including phenoxy) is 1. The van der Waals surface area contributed by atoms with E-state index in [0.717, 1.165) is 5.56 Å². The highest BCUT2D eigenvalue weighted by atomic mass is 32.2. The highest BCUT2D eigenvalue weighted by Gasteiger charge is 2.30. The van der Waals surface area contributed by atoms with Crippen LogP contribution in [0.15, 0.2) is 53.4 Å². The van der Waals surface area contributed by atoms with Gasteiger partial charge in [0.1, 0.15) is 5.75 Å². The molecule has 3 nitrogen and oxygen atoms in total. The van der Waals surface area contributed by atoms with Gasteiger partial charge in [-0.05, 0) is 23.8 Å². The van der Waals surface area contributed by atoms with Crippen LogP contribution in [0, 0.1) is 0 Å². The van der Waals surface area contributed by atoms with Crippen molar-refractivity contribution in [2.24, 2.45) is 0 Å². The summed E-state index contributed by atoms with van der Waals surface area (Å²) in [7, 11) is 0. The molecule has 7 heteroatoms. The lowest BCUT2D eigenvalue weighted by atomic mass is 10.1. The SMILES string of the molecule is O=C(Nc1ccccc1SCC(F)(F)F)[C@@H]1Cc2ccccc2O1. The van der Waals surface area contributed by atoms with Crippen LogP contribution in [0.1, 0.15) is 5.56 Å². The Bertz CT molecular complexity index is 724. The van der Waals surface area contributed by atoms with Gasteiger partial charge in [0.05, 0.1) is 11.4 Å². The molecular weight excluding hydrogens is 339 g/mol. The second-order valence-electron chi connectivity index (χ2n) is 5.31. The van der Waals surface area contributed by atoms with E-state index < -0.39 is 18.0 Å². The highest BCUT2D eigenvalue weighted by molar-refractivity contribution is 7.99. The second kappa shape index (κ2) is 6.76. The molecule has 0 radical (unpaired) electrons. The van der Waals surface area contributed by atoms with Crippen molar-refractivity contribution in [1.82, 2.24) is 0 Å². The summed E-state index contributed by atoms with van der Waals surface area (Å²) in [6.45, 7) is 0. The van der Waals surface area contributed by atoms with Crippen LogP contribution in [0.5, 0.6) is 5.75 Å². The van der Waals surface area contributed by atoms with Gasteiger partial charge in [0.2, 0.25) is 0 Å². The molecule has 0 spiro atoms. The maximum atomic E-state index is 12.4. The van der Waals surface area contributed by atoms with E-state index in [1.165, 1.54) is 0 Å². The molecule has 24 heavy (non-hydrogen) atoms. The van der Waals surface area contributed by atoms with Crippen LogP contribution < -0.4 is 10.1 Å². The first-order valence-electron chi connectivity index (χ1n) is 7.26. The lowest BCUT2D eigenvalue weighted by Gasteiger charge is -2.14. The van der Waals surface area contributed by atoms with E-state index in [0.29, 0.717) is 34.5 Å². The molecule has 0 aromatic heterocycles. The highest BCUT2D eigenvalue weighted by Crippen LogP contribution is 2.33. The van der Waals surface area contributed by atoms with Crippen LogP contribution in [0.25, 0.3) is 0 Å². The molecule has 2 aromatic rings. The number of hydrogen-bond acceptors (Lipinski definition) is 3. The Labute approximate surface area is 141 Å². The number of anilines is 1. The van der Waals surface area contributed by atoms with Gasteiger partial charge in [0.15, 0.2) is 6.10 Å². The molecule has 0 bridgehead atoms. The van der Waals surface area contributed by atoms with Crippen LogP contribution in [0.3, 0.4) is 0 Å². The number of nitrogens with one attached hydrogen (secondary N) is 1. The minimum Gasteiger partial charge on any atom is -0.480 e. The van der Waals surface area contributed by atoms with E-state index in [1.54, 1.807) is 30.3 Å². The number of carbonyl (C=O) groups is 1. The molecule has 0 aliphatic carbocycles. The summed E-state index contributed by atoms with van der Waals surface area (Å²) in [5, 5.41) is 2.67. The first kappa shape index (κ1) is 16.7. The lowest BCUT2D eigenvalue weighted by Crippen LogP contribution is -2.31. The number of hydrogen-bond donors (Lipinski definition) is 1. The van der Waals surface area contributed by atoms with Crippen LogP contribution in [-0.2, 0) is 11.2 Å². The van der Waals surface area contributed by atoms with Crippen molar-refractivity contribution in [2.45, 2.75) is 23.6 Å². The molecule has 126 valence electrons. The fourth-order valence-corrected chi connectivity index (χ4v) is 3.17. The van der Waals surface area contributed by atoms with Crippen LogP contribution in [0.2, 0.25) is 0 Å². The minimum absolute atomic E-state index is 0.358. The zero-order valence-corrected chi connectivity index (χ0v) is 13.3. The van der Waals surface area contributed by atoms with Gasteiger partial charge < -0.3 is 10.1 Å². The summed E-state index contributed by atoms with van der Waals surface area (Å²) in [4.78, 5) is 12.7. The number of halogens is 3. The third-order valence-corrected chi connectivity index (χ3v) is 4.61. The van der Waals surface area contributed by atoms with Crippen molar-refractivity contribution >= 4 is 23.4 Å². The van der Waals surface area contributed by atoms with Gasteiger partial charge in [0.25, 0.3) is 5.91 Å². The average Bonchev–Trinajstić information content (AvgIpc) is 2.97. The van der Waals surface area contributed by atoms with E-state index in [4.69, 9.17) is 4.74 Å². The Hall–Kier alpha value is -2.15. The van der Waals surface area contributed by atoms with Gasteiger partial charge >= 0.3 is 6.18 Å². The number of amides is 1. The first-order chi connectivity index (χ1) is 11.4. The molecule has 1 aliphatic rings. The number of thioether (sulfide) groups is 1. The topological polar surface area (TPSA) is 38.3 Å². The summed E-state index contributed by atoms with van der Waals surface area (Å²) in [6.07, 6.45) is -4.50. The molecule has 1 N–H and O–H groups in total. The van der Waals surface area contributed by atoms with Crippen LogP contribution in [-0.4, -0.2) is 23.9 Å². The first-order valence-corrected chi connectivity index (χ1v) is 8.25. The Morgan fingerprint density at radius 2 is 1.88 bits per heavy atom. The summed E-state index contributed by atoms with van der Waals surface area (Å²) >= 11 is 0.645. The molecule has 0 fully saturated rings. The van der Waals surface area contributed by atoms with E-state index in [2.05, 4.69) is 5.32 Å². The molecule has 1 heterocycles. The molecule has 1 aliphatic heterocycles. The number of para-hydroxylation sites is 2. The van der Waals surface area contributed by atoms with Crippen LogP contribution in [0.4, 0.5) is 18.9 Å². The zero-order valence-electron chi connectivity index (χ0n) is 12.5.